The molecule has 150 valence electrons. The minimum atomic E-state index is -0.482. The molecule has 1 aliphatic heterocycles. The van der Waals surface area contributed by atoms with E-state index in [9.17, 15) is 14.9 Å². The number of amides is 1. The van der Waals surface area contributed by atoms with E-state index in [2.05, 4.69) is 15.0 Å². The molecule has 0 saturated carbocycles. The van der Waals surface area contributed by atoms with Crippen LogP contribution in [-0.2, 0) is 4.79 Å². The van der Waals surface area contributed by atoms with E-state index in [1.54, 1.807) is 24.4 Å². The molecule has 0 atom stereocenters. The number of fused-ring (bicyclic) bond motifs is 1. The molecule has 2 aromatic heterocycles. The van der Waals surface area contributed by atoms with Gasteiger partial charge in [0, 0.05) is 17.8 Å². The molecule has 8 nitrogen and oxygen atoms in total. The molecule has 0 saturated heterocycles. The summed E-state index contributed by atoms with van der Waals surface area (Å²) >= 11 is 1.33. The zero-order valence-electron chi connectivity index (χ0n) is 15.9. The minimum Gasteiger partial charge on any atom is -0.266 e. The van der Waals surface area contributed by atoms with E-state index in [0.29, 0.717) is 22.2 Å². The SMILES string of the molecule is O=C1/C(=C\c2ccccc2[N+](=O)[O-])N=C(c2ccccc2)N1c1nc2ncccc2s1. The average molecular weight is 427 g/mol. The van der Waals surface area contributed by atoms with Gasteiger partial charge in [-0.1, -0.05) is 53.8 Å². The number of carbonyl (C=O) groups is 1. The molecule has 1 amide bonds. The topological polar surface area (TPSA) is 102 Å². The molecule has 3 heterocycles. The Labute approximate surface area is 180 Å². The molecule has 0 unspecified atom stereocenters. The molecule has 0 aliphatic carbocycles. The highest BCUT2D eigenvalue weighted by molar-refractivity contribution is 7.22. The van der Waals surface area contributed by atoms with E-state index in [0.717, 1.165) is 10.3 Å². The standard InChI is InChI=1S/C22H13N5O3S/c28-21-16(13-15-9-4-5-10-17(15)27(29)30)24-20(14-7-2-1-3-8-14)26(21)22-25-19-18(31-22)11-6-12-23-19/h1-13H/b16-13+. The van der Waals surface area contributed by atoms with Gasteiger partial charge in [-0.2, -0.15) is 4.98 Å². The van der Waals surface area contributed by atoms with Crippen molar-refractivity contribution >= 4 is 50.3 Å². The number of para-hydroxylation sites is 1. The Hall–Kier alpha value is -4.24. The number of nitro benzene ring substituents is 1. The molecule has 5 rings (SSSR count). The Kier molecular flexibility index (Phi) is 4.57. The van der Waals surface area contributed by atoms with Gasteiger partial charge in [0.05, 0.1) is 15.2 Å². The number of thiazole rings is 1. The van der Waals surface area contributed by atoms with Crippen LogP contribution in [0.3, 0.4) is 0 Å². The Morgan fingerprint density at radius 1 is 1.00 bits per heavy atom. The number of hydrogen-bond donors (Lipinski definition) is 0. The van der Waals surface area contributed by atoms with E-state index in [1.165, 1.54) is 28.4 Å². The maximum absolute atomic E-state index is 13.4. The number of anilines is 1. The van der Waals surface area contributed by atoms with Crippen LogP contribution in [-0.4, -0.2) is 26.6 Å². The third kappa shape index (κ3) is 3.36. The van der Waals surface area contributed by atoms with E-state index >= 15 is 0 Å². The second-order valence-electron chi connectivity index (χ2n) is 6.61. The predicted molar refractivity (Wildman–Crippen MR) is 119 cm³/mol. The number of benzene rings is 2. The summed E-state index contributed by atoms with van der Waals surface area (Å²) in [6.07, 6.45) is 3.08. The summed E-state index contributed by atoms with van der Waals surface area (Å²) in [5, 5.41) is 11.8. The number of amidine groups is 1. The summed E-state index contributed by atoms with van der Waals surface area (Å²) in [5.41, 5.74) is 1.58. The molecular formula is C22H13N5O3S. The van der Waals surface area contributed by atoms with Gasteiger partial charge >= 0.3 is 0 Å². The lowest BCUT2D eigenvalue weighted by molar-refractivity contribution is -0.385. The summed E-state index contributed by atoms with van der Waals surface area (Å²) in [6, 6.07) is 19.2. The van der Waals surface area contributed by atoms with Gasteiger partial charge < -0.3 is 0 Å². The molecule has 0 N–H and O–H groups in total. The van der Waals surface area contributed by atoms with Crippen LogP contribution in [0, 0.1) is 10.1 Å². The molecular weight excluding hydrogens is 414 g/mol. The van der Waals surface area contributed by atoms with Crippen molar-refractivity contribution in [1.82, 2.24) is 9.97 Å². The predicted octanol–water partition coefficient (Wildman–Crippen LogP) is 4.43. The number of hydrogen-bond acceptors (Lipinski definition) is 7. The molecule has 31 heavy (non-hydrogen) atoms. The first-order valence-corrected chi connectivity index (χ1v) is 10.1. The van der Waals surface area contributed by atoms with Crippen LogP contribution >= 0.6 is 11.3 Å². The zero-order chi connectivity index (χ0) is 21.4. The molecule has 0 radical (unpaired) electrons. The van der Waals surface area contributed by atoms with E-state index < -0.39 is 10.8 Å². The van der Waals surface area contributed by atoms with Crippen LogP contribution in [0.15, 0.2) is 83.6 Å². The van der Waals surface area contributed by atoms with Crippen molar-refractivity contribution in [3.8, 4) is 0 Å². The van der Waals surface area contributed by atoms with E-state index in [4.69, 9.17) is 0 Å². The highest BCUT2D eigenvalue weighted by atomic mass is 32.1. The molecule has 0 bridgehead atoms. The van der Waals surface area contributed by atoms with Gasteiger partial charge in [0.25, 0.3) is 11.6 Å². The lowest BCUT2D eigenvalue weighted by atomic mass is 10.1. The van der Waals surface area contributed by atoms with Crippen LogP contribution in [0.2, 0.25) is 0 Å². The van der Waals surface area contributed by atoms with Crippen molar-refractivity contribution in [1.29, 1.82) is 0 Å². The number of aromatic nitrogens is 2. The maximum atomic E-state index is 13.4. The van der Waals surface area contributed by atoms with E-state index in [-0.39, 0.29) is 11.4 Å². The third-order valence-electron chi connectivity index (χ3n) is 4.66. The van der Waals surface area contributed by atoms with Gasteiger partial charge in [-0.05, 0) is 24.3 Å². The number of aliphatic imine (C=N–C) groups is 1. The fourth-order valence-corrected chi connectivity index (χ4v) is 4.18. The van der Waals surface area contributed by atoms with Crippen molar-refractivity contribution in [2.75, 3.05) is 4.90 Å². The highest BCUT2D eigenvalue weighted by Gasteiger charge is 2.35. The van der Waals surface area contributed by atoms with E-state index in [1.807, 2.05) is 42.5 Å². The first-order chi connectivity index (χ1) is 15.1. The fourth-order valence-electron chi connectivity index (χ4n) is 3.25. The normalized spacial score (nSPS) is 15.0. The highest BCUT2D eigenvalue weighted by Crippen LogP contribution is 2.34. The average Bonchev–Trinajstić information content (AvgIpc) is 3.35. The maximum Gasteiger partial charge on any atom is 0.284 e. The number of carbonyl (C=O) groups excluding carboxylic acids is 1. The Bertz CT molecular complexity index is 1360. The second-order valence-corrected chi connectivity index (χ2v) is 7.62. The smallest absolute Gasteiger partial charge is 0.266 e. The van der Waals surface area contributed by atoms with Gasteiger partial charge in [0.1, 0.15) is 11.5 Å². The van der Waals surface area contributed by atoms with Crippen LogP contribution in [0.25, 0.3) is 16.4 Å². The van der Waals surface area contributed by atoms with Gasteiger partial charge in [-0.25, -0.2) is 14.9 Å². The fraction of sp³-hybridized carbons (Fsp3) is 0. The summed E-state index contributed by atoms with van der Waals surface area (Å²) in [4.78, 5) is 39.0. The molecule has 1 aliphatic rings. The molecule has 4 aromatic rings. The first-order valence-electron chi connectivity index (χ1n) is 9.27. The van der Waals surface area contributed by atoms with Crippen molar-refractivity contribution in [3.63, 3.8) is 0 Å². The first kappa shape index (κ1) is 18.8. The van der Waals surface area contributed by atoms with Gasteiger partial charge in [0.2, 0.25) is 5.13 Å². The van der Waals surface area contributed by atoms with Crippen molar-refractivity contribution in [3.05, 3.63) is 99.9 Å². The van der Waals surface area contributed by atoms with Crippen LogP contribution in [0.1, 0.15) is 11.1 Å². The number of pyridine rings is 1. The number of rotatable bonds is 4. The summed E-state index contributed by atoms with van der Waals surface area (Å²) in [6.45, 7) is 0. The Morgan fingerprint density at radius 3 is 2.55 bits per heavy atom. The second kappa shape index (κ2) is 7.54. The van der Waals surface area contributed by atoms with Crippen molar-refractivity contribution < 1.29 is 9.72 Å². The van der Waals surface area contributed by atoms with Gasteiger partial charge in [-0.3, -0.25) is 14.9 Å². The minimum absolute atomic E-state index is 0.0955. The van der Waals surface area contributed by atoms with Crippen LogP contribution in [0.4, 0.5) is 10.8 Å². The van der Waals surface area contributed by atoms with Crippen LogP contribution in [0.5, 0.6) is 0 Å². The largest absolute Gasteiger partial charge is 0.284 e. The zero-order valence-corrected chi connectivity index (χ0v) is 16.7. The number of nitro groups is 1. The lowest BCUT2D eigenvalue weighted by Crippen LogP contribution is -2.32. The Morgan fingerprint density at radius 2 is 1.77 bits per heavy atom. The Balaban J connectivity index is 1.66. The number of nitrogens with zero attached hydrogens (tertiary/aromatic N) is 5. The monoisotopic (exact) mass is 427 g/mol. The molecule has 2 aromatic carbocycles. The van der Waals surface area contributed by atoms with Crippen molar-refractivity contribution in [2.24, 2.45) is 4.99 Å². The third-order valence-corrected chi connectivity index (χ3v) is 5.66. The summed E-state index contributed by atoms with van der Waals surface area (Å²) in [5.74, 6) is 0.00514. The molecule has 9 heteroatoms. The van der Waals surface area contributed by atoms with Gasteiger partial charge in [-0.15, -0.1) is 0 Å². The summed E-state index contributed by atoms with van der Waals surface area (Å²) < 4.78 is 0.842. The molecule has 0 fully saturated rings. The lowest BCUT2D eigenvalue weighted by Gasteiger charge is -2.14. The van der Waals surface area contributed by atoms with Crippen molar-refractivity contribution in [2.45, 2.75) is 0 Å². The quantitative estimate of drug-likeness (QED) is 0.272. The molecule has 0 spiro atoms. The van der Waals surface area contributed by atoms with Gasteiger partial charge in [0.15, 0.2) is 5.65 Å². The van der Waals surface area contributed by atoms with Crippen LogP contribution < -0.4 is 4.90 Å². The summed E-state index contributed by atoms with van der Waals surface area (Å²) in [7, 11) is 0.